The van der Waals surface area contributed by atoms with E-state index in [0.29, 0.717) is 17.7 Å². The van der Waals surface area contributed by atoms with Crippen LogP contribution in [0.3, 0.4) is 0 Å². The smallest absolute Gasteiger partial charge is 0.475 e. The lowest BCUT2D eigenvalue weighted by atomic mass is 10.00. The maximum absolute atomic E-state index is 12.8. The molecule has 0 bridgehead atoms. The van der Waals surface area contributed by atoms with Crippen LogP contribution in [0.4, 0.5) is 13.2 Å². The fraction of sp³-hybridized carbons (Fsp3) is 0.526. The highest BCUT2D eigenvalue weighted by atomic mass is 19.4. The van der Waals surface area contributed by atoms with E-state index >= 15 is 0 Å². The molecule has 158 valence electrons. The summed E-state index contributed by atoms with van der Waals surface area (Å²) < 4.78 is 37.7. The quantitative estimate of drug-likeness (QED) is 0.798. The van der Waals surface area contributed by atoms with Crippen molar-refractivity contribution in [1.29, 1.82) is 5.26 Å². The normalized spacial score (nSPS) is 23.6. The topological polar surface area (TPSA) is 93.9 Å². The average molecular weight is 413 g/mol. The molecule has 7 nitrogen and oxygen atoms in total. The van der Waals surface area contributed by atoms with E-state index in [9.17, 15) is 18.0 Å². The lowest BCUT2D eigenvalue weighted by Crippen LogP contribution is -2.45. The second-order valence-corrected chi connectivity index (χ2v) is 7.03. The predicted molar refractivity (Wildman–Crippen MR) is 96.1 cm³/mol. The van der Waals surface area contributed by atoms with Gasteiger partial charge in [-0.15, -0.1) is 0 Å². The maximum Gasteiger partial charge on any atom is 0.490 e. The molecular weight excluding hydrogens is 391 g/mol. The van der Waals surface area contributed by atoms with Gasteiger partial charge in [-0.2, -0.15) is 18.4 Å². The van der Waals surface area contributed by atoms with Crippen LogP contribution in [0.1, 0.15) is 28.8 Å². The summed E-state index contributed by atoms with van der Waals surface area (Å²) in [5.41, 5.74) is 1.21. The van der Waals surface area contributed by atoms with Gasteiger partial charge >= 0.3 is 12.1 Å². The molecule has 1 N–H and O–H groups in total. The number of halogens is 3. The fourth-order valence-electron chi connectivity index (χ4n) is 3.47. The Morgan fingerprint density at radius 1 is 1.28 bits per heavy atom. The summed E-state index contributed by atoms with van der Waals surface area (Å²) in [5.74, 6) is -2.72. The van der Waals surface area contributed by atoms with Gasteiger partial charge in [-0.05, 0) is 51.2 Å². The summed E-state index contributed by atoms with van der Waals surface area (Å²) in [6.07, 6.45) is -2.98. The van der Waals surface area contributed by atoms with Crippen molar-refractivity contribution in [2.45, 2.75) is 37.2 Å². The number of nitrogens with zero attached hydrogens (tertiary/aromatic N) is 3. The molecular formula is C19H22F3N3O4. The number of carboxylic acid groups (broad SMARTS) is 1. The SMILES string of the molecule is CN(C)[C@@H]1CN(C(=O)c2ccc(C#N)cc2)[C@@H]2CCCO[C@H]12.O=C(O)C(F)(F)F. The van der Waals surface area contributed by atoms with E-state index in [0.717, 1.165) is 19.4 Å². The molecule has 0 aromatic heterocycles. The number of benzene rings is 1. The van der Waals surface area contributed by atoms with E-state index in [1.807, 2.05) is 19.0 Å². The number of nitriles is 1. The van der Waals surface area contributed by atoms with Crippen LogP contribution in [0.5, 0.6) is 0 Å². The first-order valence-electron chi connectivity index (χ1n) is 8.95. The number of rotatable bonds is 2. The Labute approximate surface area is 166 Å². The maximum atomic E-state index is 12.8. The summed E-state index contributed by atoms with van der Waals surface area (Å²) in [7, 11) is 4.07. The zero-order chi connectivity index (χ0) is 21.8. The van der Waals surface area contributed by atoms with Gasteiger partial charge in [0.2, 0.25) is 0 Å². The second kappa shape index (κ2) is 9.24. The number of carbonyl (C=O) groups excluding carboxylic acids is 1. The third-order valence-corrected chi connectivity index (χ3v) is 4.92. The molecule has 29 heavy (non-hydrogen) atoms. The van der Waals surface area contributed by atoms with Gasteiger partial charge in [0.15, 0.2) is 0 Å². The lowest BCUT2D eigenvalue weighted by molar-refractivity contribution is -0.192. The van der Waals surface area contributed by atoms with E-state index in [2.05, 4.69) is 11.0 Å². The standard InChI is InChI=1S/C17H21N3O2.C2HF3O2/c1-19(2)15-11-20(14-4-3-9-22-16(14)15)17(21)13-7-5-12(10-18)6-8-13;3-2(4,5)1(6)7/h5-8,14-16H,3-4,9,11H2,1-2H3;(H,6,7)/t14-,15-,16+;/m1./s1. The molecule has 0 radical (unpaired) electrons. The van der Waals surface area contributed by atoms with E-state index in [1.54, 1.807) is 24.3 Å². The number of carbonyl (C=O) groups is 2. The van der Waals surface area contributed by atoms with Crippen LogP contribution in [0.15, 0.2) is 24.3 Å². The molecule has 0 spiro atoms. The van der Waals surface area contributed by atoms with Crippen molar-refractivity contribution >= 4 is 11.9 Å². The van der Waals surface area contributed by atoms with Crippen LogP contribution in [0, 0.1) is 11.3 Å². The molecule has 10 heteroatoms. The van der Waals surface area contributed by atoms with Crippen LogP contribution < -0.4 is 0 Å². The summed E-state index contributed by atoms with van der Waals surface area (Å²) in [4.78, 5) is 25.8. The molecule has 2 aliphatic heterocycles. The van der Waals surface area contributed by atoms with Gasteiger partial charge < -0.3 is 19.6 Å². The number of hydrogen-bond donors (Lipinski definition) is 1. The number of amides is 1. The van der Waals surface area contributed by atoms with Gasteiger partial charge in [-0.3, -0.25) is 4.79 Å². The number of fused-ring (bicyclic) bond motifs is 1. The second-order valence-electron chi connectivity index (χ2n) is 7.03. The highest BCUT2D eigenvalue weighted by Gasteiger charge is 2.46. The third-order valence-electron chi connectivity index (χ3n) is 4.92. The van der Waals surface area contributed by atoms with Gasteiger partial charge in [0.25, 0.3) is 5.91 Å². The molecule has 0 saturated carbocycles. The largest absolute Gasteiger partial charge is 0.490 e. The number of likely N-dealkylation sites (tertiary alicyclic amines) is 1. The van der Waals surface area contributed by atoms with Crippen molar-refractivity contribution in [3.8, 4) is 6.07 Å². The van der Waals surface area contributed by atoms with Crippen LogP contribution in [0.2, 0.25) is 0 Å². The Hall–Kier alpha value is -2.64. The van der Waals surface area contributed by atoms with Gasteiger partial charge in [0, 0.05) is 18.7 Å². The molecule has 0 aliphatic carbocycles. The molecule has 2 aliphatic rings. The number of ether oxygens (including phenoxy) is 1. The number of hydrogen-bond acceptors (Lipinski definition) is 5. The van der Waals surface area contributed by atoms with Gasteiger partial charge in [0.05, 0.1) is 29.8 Å². The first-order valence-corrected chi connectivity index (χ1v) is 8.95. The average Bonchev–Trinajstić information content (AvgIpc) is 3.07. The fourth-order valence-corrected chi connectivity index (χ4v) is 3.47. The van der Waals surface area contributed by atoms with Gasteiger partial charge in [-0.1, -0.05) is 0 Å². The van der Waals surface area contributed by atoms with E-state index < -0.39 is 12.1 Å². The van der Waals surface area contributed by atoms with Crippen molar-refractivity contribution in [1.82, 2.24) is 9.80 Å². The molecule has 3 rings (SSSR count). The Balaban J connectivity index is 0.000000370. The van der Waals surface area contributed by atoms with Crippen molar-refractivity contribution in [2.75, 3.05) is 27.2 Å². The summed E-state index contributed by atoms with van der Waals surface area (Å²) >= 11 is 0. The van der Waals surface area contributed by atoms with Crippen LogP contribution in [-0.2, 0) is 9.53 Å². The van der Waals surface area contributed by atoms with E-state index in [1.165, 1.54) is 0 Å². The lowest BCUT2D eigenvalue weighted by Gasteiger charge is -2.33. The molecule has 2 heterocycles. The molecule has 3 atom stereocenters. The number of carboxylic acids is 1. The Morgan fingerprint density at radius 3 is 2.34 bits per heavy atom. The minimum atomic E-state index is -5.08. The zero-order valence-corrected chi connectivity index (χ0v) is 16.0. The minimum absolute atomic E-state index is 0.0364. The number of alkyl halides is 3. The summed E-state index contributed by atoms with van der Waals surface area (Å²) in [5, 5.41) is 16.0. The third kappa shape index (κ3) is 5.46. The van der Waals surface area contributed by atoms with Crippen molar-refractivity contribution in [3.05, 3.63) is 35.4 Å². The first-order chi connectivity index (χ1) is 13.6. The van der Waals surface area contributed by atoms with Crippen LogP contribution in [-0.4, -0.2) is 78.4 Å². The van der Waals surface area contributed by atoms with Gasteiger partial charge in [0.1, 0.15) is 0 Å². The predicted octanol–water partition coefficient (Wildman–Crippen LogP) is 2.13. The Kier molecular flexibility index (Phi) is 7.21. The van der Waals surface area contributed by atoms with Gasteiger partial charge in [-0.25, -0.2) is 4.79 Å². The molecule has 2 saturated heterocycles. The van der Waals surface area contributed by atoms with Crippen molar-refractivity contribution < 1.29 is 32.6 Å². The first kappa shape index (κ1) is 22.6. The summed E-state index contributed by atoms with van der Waals surface area (Å²) in [6, 6.07) is 9.35. The molecule has 1 amide bonds. The molecule has 0 unspecified atom stereocenters. The number of likely N-dealkylation sites (N-methyl/N-ethyl adjacent to an activating group) is 1. The Morgan fingerprint density at radius 2 is 1.86 bits per heavy atom. The van der Waals surface area contributed by atoms with Crippen LogP contribution >= 0.6 is 0 Å². The molecule has 1 aromatic rings. The highest BCUT2D eigenvalue weighted by Crippen LogP contribution is 2.32. The van der Waals surface area contributed by atoms with Crippen molar-refractivity contribution in [3.63, 3.8) is 0 Å². The monoisotopic (exact) mass is 413 g/mol. The zero-order valence-electron chi connectivity index (χ0n) is 16.0. The Bertz CT molecular complexity index is 774. The number of aliphatic carboxylic acids is 1. The van der Waals surface area contributed by atoms with Crippen molar-refractivity contribution in [2.24, 2.45) is 0 Å². The van der Waals surface area contributed by atoms with E-state index in [-0.39, 0.29) is 24.1 Å². The van der Waals surface area contributed by atoms with E-state index in [4.69, 9.17) is 19.9 Å². The molecule has 2 fully saturated rings. The summed E-state index contributed by atoms with van der Waals surface area (Å²) in [6.45, 7) is 1.48. The van der Waals surface area contributed by atoms with Crippen LogP contribution in [0.25, 0.3) is 0 Å². The highest BCUT2D eigenvalue weighted by molar-refractivity contribution is 5.94. The minimum Gasteiger partial charge on any atom is -0.475 e. The molecule has 1 aromatic carbocycles.